The molecule has 4 aromatic carbocycles. The number of benzene rings is 4. The largest absolute Gasteiger partial charge is 0.472 e. The zero-order chi connectivity index (χ0) is 24.6. The maximum atomic E-state index is 6.13. The van der Waals surface area contributed by atoms with E-state index in [9.17, 15) is 0 Å². The van der Waals surface area contributed by atoms with Crippen molar-refractivity contribution in [3.8, 4) is 33.6 Å². The van der Waals surface area contributed by atoms with Gasteiger partial charge in [0.05, 0.1) is 22.4 Å². The van der Waals surface area contributed by atoms with E-state index in [0.29, 0.717) is 0 Å². The summed E-state index contributed by atoms with van der Waals surface area (Å²) in [5.41, 5.74) is 9.00. The SMILES string of the molecule is C1=CC2N=C(c3ccc(-c4ccc(-c5nc6ccccc6nc5-c5ccccc5)cc4)cc3)OC2CC1. The molecule has 7 rings (SSSR count). The molecule has 0 N–H and O–H groups in total. The van der Waals surface area contributed by atoms with E-state index >= 15 is 0 Å². The van der Waals surface area contributed by atoms with Gasteiger partial charge in [-0.3, -0.25) is 0 Å². The molecule has 4 nitrogen and oxygen atoms in total. The number of nitrogens with zero attached hydrogens (tertiary/aromatic N) is 3. The van der Waals surface area contributed by atoms with Gasteiger partial charge >= 0.3 is 0 Å². The molecule has 4 heteroatoms. The van der Waals surface area contributed by atoms with Crippen molar-refractivity contribution in [1.82, 2.24) is 9.97 Å². The Morgan fingerprint density at radius 1 is 0.568 bits per heavy atom. The van der Waals surface area contributed by atoms with Crippen LogP contribution in [-0.2, 0) is 4.74 Å². The number of para-hydroxylation sites is 2. The average molecular weight is 480 g/mol. The number of hydrogen-bond donors (Lipinski definition) is 0. The fourth-order valence-corrected chi connectivity index (χ4v) is 5.12. The fourth-order valence-electron chi connectivity index (χ4n) is 5.12. The molecular formula is C33H25N3O. The molecule has 1 aliphatic carbocycles. The zero-order valence-corrected chi connectivity index (χ0v) is 20.3. The van der Waals surface area contributed by atoms with Crippen molar-refractivity contribution in [2.75, 3.05) is 0 Å². The first-order valence-corrected chi connectivity index (χ1v) is 12.8. The lowest BCUT2D eigenvalue weighted by atomic mass is 9.99. The Morgan fingerprint density at radius 2 is 1.11 bits per heavy atom. The molecule has 0 radical (unpaired) electrons. The number of rotatable bonds is 4. The molecule has 0 saturated heterocycles. The molecule has 178 valence electrons. The molecule has 37 heavy (non-hydrogen) atoms. The van der Waals surface area contributed by atoms with Gasteiger partial charge in [0.25, 0.3) is 0 Å². The topological polar surface area (TPSA) is 47.4 Å². The van der Waals surface area contributed by atoms with Gasteiger partial charge in [0.1, 0.15) is 12.1 Å². The van der Waals surface area contributed by atoms with Crippen molar-refractivity contribution in [2.45, 2.75) is 25.0 Å². The first-order valence-electron chi connectivity index (χ1n) is 12.8. The molecule has 0 spiro atoms. The lowest BCUT2D eigenvalue weighted by Gasteiger charge is -2.17. The lowest BCUT2D eigenvalue weighted by molar-refractivity contribution is 0.191. The summed E-state index contributed by atoms with van der Waals surface area (Å²) in [5, 5.41) is 0. The van der Waals surface area contributed by atoms with E-state index in [-0.39, 0.29) is 12.1 Å². The molecule has 2 atom stereocenters. The summed E-state index contributed by atoms with van der Waals surface area (Å²) < 4.78 is 6.13. The van der Waals surface area contributed by atoms with Crippen molar-refractivity contribution >= 4 is 16.9 Å². The van der Waals surface area contributed by atoms with Gasteiger partial charge in [-0.05, 0) is 48.2 Å². The number of allylic oxidation sites excluding steroid dienone is 1. The summed E-state index contributed by atoms with van der Waals surface area (Å²) in [5.74, 6) is 0.756. The van der Waals surface area contributed by atoms with Crippen molar-refractivity contribution in [1.29, 1.82) is 0 Å². The van der Waals surface area contributed by atoms with E-state index in [1.54, 1.807) is 0 Å². The minimum atomic E-state index is 0.162. The van der Waals surface area contributed by atoms with Gasteiger partial charge in [-0.25, -0.2) is 15.0 Å². The van der Waals surface area contributed by atoms with Gasteiger partial charge in [0, 0.05) is 16.7 Å². The van der Waals surface area contributed by atoms with Crippen molar-refractivity contribution in [3.63, 3.8) is 0 Å². The maximum Gasteiger partial charge on any atom is 0.217 e. The smallest absolute Gasteiger partial charge is 0.217 e. The van der Waals surface area contributed by atoms with Crippen molar-refractivity contribution < 1.29 is 4.74 Å². The molecule has 0 fully saturated rings. The van der Waals surface area contributed by atoms with E-state index in [2.05, 4.69) is 72.8 Å². The Kier molecular flexibility index (Phi) is 5.36. The van der Waals surface area contributed by atoms with E-state index in [1.807, 2.05) is 42.5 Å². The van der Waals surface area contributed by atoms with E-state index < -0.39 is 0 Å². The van der Waals surface area contributed by atoms with Crippen LogP contribution in [0.1, 0.15) is 18.4 Å². The Bertz CT molecular complexity index is 1640. The predicted molar refractivity (Wildman–Crippen MR) is 149 cm³/mol. The first kappa shape index (κ1) is 21.7. The van der Waals surface area contributed by atoms with Crippen molar-refractivity contribution in [3.05, 3.63) is 121 Å². The molecule has 1 aromatic heterocycles. The summed E-state index contributed by atoms with van der Waals surface area (Å²) in [6.45, 7) is 0. The number of aromatic nitrogens is 2. The Hall–Kier alpha value is -4.57. The average Bonchev–Trinajstić information content (AvgIpc) is 3.42. The van der Waals surface area contributed by atoms with Crippen molar-refractivity contribution in [2.24, 2.45) is 4.99 Å². The zero-order valence-electron chi connectivity index (χ0n) is 20.3. The van der Waals surface area contributed by atoms with Gasteiger partial charge in [-0.2, -0.15) is 0 Å². The molecule has 2 unspecified atom stereocenters. The highest BCUT2D eigenvalue weighted by Gasteiger charge is 2.30. The monoisotopic (exact) mass is 479 g/mol. The normalized spacial score (nSPS) is 18.3. The minimum Gasteiger partial charge on any atom is -0.472 e. The molecular weight excluding hydrogens is 454 g/mol. The van der Waals surface area contributed by atoms with E-state index in [1.165, 1.54) is 0 Å². The van der Waals surface area contributed by atoms with Crippen LogP contribution in [0.2, 0.25) is 0 Å². The summed E-state index contributed by atoms with van der Waals surface area (Å²) in [4.78, 5) is 14.8. The van der Waals surface area contributed by atoms with Crippen LogP contribution in [0.3, 0.4) is 0 Å². The second-order valence-electron chi connectivity index (χ2n) is 9.52. The maximum absolute atomic E-state index is 6.13. The number of ether oxygens (including phenoxy) is 1. The summed E-state index contributed by atoms with van der Waals surface area (Å²) >= 11 is 0. The summed E-state index contributed by atoms with van der Waals surface area (Å²) in [6.07, 6.45) is 6.66. The van der Waals surface area contributed by atoms with Gasteiger partial charge < -0.3 is 4.74 Å². The van der Waals surface area contributed by atoms with E-state index in [4.69, 9.17) is 19.7 Å². The first-order chi connectivity index (χ1) is 18.3. The van der Waals surface area contributed by atoms with Gasteiger partial charge in [-0.1, -0.05) is 91.0 Å². The van der Waals surface area contributed by atoms with Crippen LogP contribution in [0.25, 0.3) is 44.7 Å². The second kappa shape index (κ2) is 9.14. The molecule has 2 aliphatic rings. The quantitative estimate of drug-likeness (QED) is 0.251. The number of fused-ring (bicyclic) bond motifs is 2. The highest BCUT2D eigenvalue weighted by atomic mass is 16.5. The molecule has 0 bridgehead atoms. The lowest BCUT2D eigenvalue weighted by Crippen LogP contribution is -2.22. The Labute approximate surface area is 216 Å². The van der Waals surface area contributed by atoms with Crippen LogP contribution >= 0.6 is 0 Å². The summed E-state index contributed by atoms with van der Waals surface area (Å²) in [6, 6.07) is 35.5. The molecule has 5 aromatic rings. The van der Waals surface area contributed by atoms with Gasteiger partial charge in [0.2, 0.25) is 5.90 Å². The van der Waals surface area contributed by atoms with Crippen LogP contribution in [0, 0.1) is 0 Å². The fraction of sp³-hybridized carbons (Fsp3) is 0.121. The Morgan fingerprint density at radius 3 is 1.73 bits per heavy atom. The van der Waals surface area contributed by atoms with Crippen LogP contribution in [-0.4, -0.2) is 28.0 Å². The summed E-state index contributed by atoms with van der Waals surface area (Å²) in [7, 11) is 0. The third-order valence-electron chi connectivity index (χ3n) is 7.10. The third-order valence-corrected chi connectivity index (χ3v) is 7.10. The third kappa shape index (κ3) is 4.11. The number of aliphatic imine (C=N–C) groups is 1. The molecule has 0 amide bonds. The Balaban J connectivity index is 1.20. The standard InChI is InChI=1S/C33H25N3O/c1-2-8-24(9-3-1)31-32(35-28-11-5-4-10-27(28)34-31)25-18-14-22(15-19-25)23-16-20-26(21-17-23)33-36-29-12-6-7-13-30(29)37-33/h1-6,8-12,14-21,29-30H,7,13H2. The van der Waals surface area contributed by atoms with Gasteiger partial charge in [-0.15, -0.1) is 0 Å². The molecule has 2 heterocycles. The highest BCUT2D eigenvalue weighted by molar-refractivity contribution is 5.96. The number of hydrogen-bond acceptors (Lipinski definition) is 4. The second-order valence-corrected chi connectivity index (χ2v) is 9.52. The predicted octanol–water partition coefficient (Wildman–Crippen LogP) is 7.49. The van der Waals surface area contributed by atoms with Gasteiger partial charge in [0.15, 0.2) is 0 Å². The van der Waals surface area contributed by atoms with Crippen LogP contribution in [0.5, 0.6) is 0 Å². The minimum absolute atomic E-state index is 0.162. The van der Waals surface area contributed by atoms with Crippen LogP contribution in [0.15, 0.2) is 120 Å². The van der Waals surface area contributed by atoms with Crippen LogP contribution < -0.4 is 0 Å². The molecule has 1 aliphatic heterocycles. The van der Waals surface area contributed by atoms with Crippen LogP contribution in [0.4, 0.5) is 0 Å². The molecule has 0 saturated carbocycles. The highest BCUT2D eigenvalue weighted by Crippen LogP contribution is 2.33. The van der Waals surface area contributed by atoms with E-state index in [0.717, 1.165) is 69.0 Å².